The van der Waals surface area contributed by atoms with Crippen LogP contribution in [0.3, 0.4) is 0 Å². The zero-order valence-electron chi connectivity index (χ0n) is 9.99. The molecule has 1 aromatic rings. The first-order chi connectivity index (χ1) is 8.22. The lowest BCUT2D eigenvalue weighted by Crippen LogP contribution is -1.96. The van der Waals surface area contributed by atoms with Crippen molar-refractivity contribution in [3.63, 3.8) is 0 Å². The number of ether oxygens (including phenoxy) is 1. The summed E-state index contributed by atoms with van der Waals surface area (Å²) < 4.78 is 5.57. The first-order valence-electron chi connectivity index (χ1n) is 5.83. The number of allylic oxidation sites excluding steroid dienone is 1. The highest BCUT2D eigenvalue weighted by Crippen LogP contribution is 2.14. The third-order valence-electron chi connectivity index (χ3n) is 2.30. The Morgan fingerprint density at radius 2 is 2.00 bits per heavy atom. The predicted octanol–water partition coefficient (Wildman–Crippen LogP) is 4.03. The van der Waals surface area contributed by atoms with Crippen molar-refractivity contribution >= 4 is 22.9 Å². The number of halogens is 1. The third-order valence-corrected chi connectivity index (χ3v) is 2.43. The van der Waals surface area contributed by atoms with Crippen molar-refractivity contribution in [3.05, 3.63) is 35.9 Å². The molecule has 3 heteroatoms. The van der Waals surface area contributed by atoms with Crippen molar-refractivity contribution in [1.82, 2.24) is 0 Å². The second kappa shape index (κ2) is 7.91. The summed E-state index contributed by atoms with van der Waals surface area (Å²) in [4.78, 5) is 10.5. The van der Waals surface area contributed by atoms with Crippen LogP contribution in [0.1, 0.15) is 31.7 Å². The molecule has 0 saturated heterocycles. The van der Waals surface area contributed by atoms with Gasteiger partial charge in [0.25, 0.3) is 0 Å². The summed E-state index contributed by atoms with van der Waals surface area (Å²) in [6, 6.07) is 7.58. The largest absolute Gasteiger partial charge is 0.494 e. The number of carbonyl (C=O) groups is 1. The van der Waals surface area contributed by atoms with Gasteiger partial charge in [-0.3, -0.25) is 4.79 Å². The van der Waals surface area contributed by atoms with E-state index in [4.69, 9.17) is 16.3 Å². The Bertz CT molecular complexity index is 368. The van der Waals surface area contributed by atoms with Crippen LogP contribution in [0.4, 0.5) is 0 Å². The van der Waals surface area contributed by atoms with Crippen LogP contribution in [0.25, 0.3) is 6.08 Å². The highest BCUT2D eigenvalue weighted by molar-refractivity contribution is 6.66. The van der Waals surface area contributed by atoms with Crippen LogP contribution in [-0.2, 0) is 4.79 Å². The highest BCUT2D eigenvalue weighted by atomic mass is 35.5. The van der Waals surface area contributed by atoms with Gasteiger partial charge in [-0.15, -0.1) is 0 Å². The minimum absolute atomic E-state index is 0.468. The Morgan fingerprint density at radius 1 is 1.29 bits per heavy atom. The number of benzene rings is 1. The van der Waals surface area contributed by atoms with E-state index in [1.54, 1.807) is 6.08 Å². The molecule has 17 heavy (non-hydrogen) atoms. The van der Waals surface area contributed by atoms with Gasteiger partial charge in [0, 0.05) is 0 Å². The van der Waals surface area contributed by atoms with E-state index in [0.717, 1.165) is 24.3 Å². The molecule has 2 nitrogen and oxygen atoms in total. The minimum Gasteiger partial charge on any atom is -0.494 e. The molecule has 1 aromatic carbocycles. The maximum atomic E-state index is 10.5. The van der Waals surface area contributed by atoms with Crippen molar-refractivity contribution in [2.45, 2.75) is 26.2 Å². The molecule has 0 aliphatic heterocycles. The van der Waals surface area contributed by atoms with Crippen molar-refractivity contribution < 1.29 is 9.53 Å². The summed E-state index contributed by atoms with van der Waals surface area (Å²) in [5, 5.41) is -0.468. The molecule has 0 aliphatic rings. The predicted molar refractivity (Wildman–Crippen MR) is 71.4 cm³/mol. The second-order valence-electron chi connectivity index (χ2n) is 3.76. The van der Waals surface area contributed by atoms with Crippen molar-refractivity contribution in [2.24, 2.45) is 0 Å². The molecule has 0 atom stereocenters. The molecule has 0 heterocycles. The average Bonchev–Trinajstić information content (AvgIpc) is 2.33. The number of unbranched alkanes of at least 4 members (excludes halogenated alkanes) is 2. The van der Waals surface area contributed by atoms with E-state index in [1.165, 1.54) is 18.9 Å². The molecule has 0 fully saturated rings. The Morgan fingerprint density at radius 3 is 2.59 bits per heavy atom. The maximum absolute atomic E-state index is 10.5. The smallest absolute Gasteiger partial charge is 0.245 e. The summed E-state index contributed by atoms with van der Waals surface area (Å²) in [6.07, 6.45) is 6.48. The number of hydrogen-bond acceptors (Lipinski definition) is 2. The Balaban J connectivity index is 2.42. The van der Waals surface area contributed by atoms with Crippen molar-refractivity contribution in [2.75, 3.05) is 6.61 Å². The average molecular weight is 253 g/mol. The summed E-state index contributed by atoms with van der Waals surface area (Å²) in [6.45, 7) is 2.92. The fourth-order valence-corrected chi connectivity index (χ4v) is 1.44. The summed E-state index contributed by atoms with van der Waals surface area (Å²) in [7, 11) is 0. The van der Waals surface area contributed by atoms with Gasteiger partial charge in [0.05, 0.1) is 6.61 Å². The molecule has 0 N–H and O–H groups in total. The molecule has 0 radical (unpaired) electrons. The van der Waals surface area contributed by atoms with E-state index in [-0.39, 0.29) is 0 Å². The van der Waals surface area contributed by atoms with Gasteiger partial charge in [0.2, 0.25) is 5.24 Å². The molecule has 0 bridgehead atoms. The third kappa shape index (κ3) is 6.12. The Labute approximate surface area is 107 Å². The van der Waals surface area contributed by atoms with Crippen LogP contribution in [0.5, 0.6) is 5.75 Å². The van der Waals surface area contributed by atoms with Gasteiger partial charge in [-0.25, -0.2) is 0 Å². The van der Waals surface area contributed by atoms with Crippen LogP contribution in [0.2, 0.25) is 0 Å². The SMILES string of the molecule is CCCCCOc1ccc(/C=C/C(=O)Cl)cc1. The van der Waals surface area contributed by atoms with Crippen LogP contribution >= 0.6 is 11.6 Å². The summed E-state index contributed by atoms with van der Waals surface area (Å²) >= 11 is 5.21. The molecule has 0 unspecified atom stereocenters. The van der Waals surface area contributed by atoms with Crippen molar-refractivity contribution in [3.8, 4) is 5.75 Å². The van der Waals surface area contributed by atoms with E-state index in [9.17, 15) is 4.79 Å². The van der Waals surface area contributed by atoms with Gasteiger partial charge < -0.3 is 4.74 Å². The van der Waals surface area contributed by atoms with Gasteiger partial charge >= 0.3 is 0 Å². The minimum atomic E-state index is -0.468. The van der Waals surface area contributed by atoms with Gasteiger partial charge in [-0.05, 0) is 41.8 Å². The van der Waals surface area contributed by atoms with E-state index >= 15 is 0 Å². The molecule has 0 saturated carbocycles. The summed E-state index contributed by atoms with van der Waals surface area (Å²) in [5.41, 5.74) is 0.930. The lowest BCUT2D eigenvalue weighted by atomic mass is 10.2. The zero-order chi connectivity index (χ0) is 12.5. The Hall–Kier alpha value is -1.28. The quantitative estimate of drug-likeness (QED) is 0.416. The van der Waals surface area contributed by atoms with Crippen LogP contribution in [0.15, 0.2) is 30.3 Å². The van der Waals surface area contributed by atoms with E-state index in [0.29, 0.717) is 0 Å². The molecular formula is C14H17ClO2. The monoisotopic (exact) mass is 252 g/mol. The number of hydrogen-bond donors (Lipinski definition) is 0. The van der Waals surface area contributed by atoms with E-state index < -0.39 is 5.24 Å². The molecule has 0 aromatic heterocycles. The van der Waals surface area contributed by atoms with Crippen LogP contribution < -0.4 is 4.74 Å². The molecule has 0 aliphatic carbocycles. The fourth-order valence-electron chi connectivity index (χ4n) is 1.38. The van der Waals surface area contributed by atoms with E-state index in [1.807, 2.05) is 24.3 Å². The molecule has 1 rings (SSSR count). The molecule has 92 valence electrons. The molecule has 0 spiro atoms. The van der Waals surface area contributed by atoms with Gasteiger partial charge in [-0.2, -0.15) is 0 Å². The standard InChI is InChI=1S/C14H17ClO2/c1-2-3-4-11-17-13-8-5-12(6-9-13)7-10-14(15)16/h5-10H,2-4,11H2,1H3/b10-7+. The van der Waals surface area contributed by atoms with Gasteiger partial charge in [-0.1, -0.05) is 38.0 Å². The Kier molecular flexibility index (Phi) is 6.41. The van der Waals surface area contributed by atoms with Crippen molar-refractivity contribution in [1.29, 1.82) is 0 Å². The molecule has 0 amide bonds. The van der Waals surface area contributed by atoms with Gasteiger partial charge in [0.1, 0.15) is 5.75 Å². The van der Waals surface area contributed by atoms with Crippen LogP contribution in [0, 0.1) is 0 Å². The topological polar surface area (TPSA) is 26.3 Å². The normalized spacial score (nSPS) is 10.7. The highest BCUT2D eigenvalue weighted by Gasteiger charge is 1.94. The first kappa shape index (κ1) is 13.8. The van der Waals surface area contributed by atoms with Gasteiger partial charge in [0.15, 0.2) is 0 Å². The lowest BCUT2D eigenvalue weighted by Gasteiger charge is -2.05. The van der Waals surface area contributed by atoms with E-state index in [2.05, 4.69) is 6.92 Å². The molecular weight excluding hydrogens is 236 g/mol. The van der Waals surface area contributed by atoms with Crippen LogP contribution in [-0.4, -0.2) is 11.8 Å². The zero-order valence-corrected chi connectivity index (χ0v) is 10.7. The first-order valence-corrected chi connectivity index (χ1v) is 6.20. The summed E-state index contributed by atoms with van der Waals surface area (Å²) in [5.74, 6) is 0.857. The second-order valence-corrected chi connectivity index (χ2v) is 4.13. The fraction of sp³-hybridized carbons (Fsp3) is 0.357. The number of rotatable bonds is 7. The maximum Gasteiger partial charge on any atom is 0.245 e. The lowest BCUT2D eigenvalue weighted by molar-refractivity contribution is -0.107. The number of carbonyl (C=O) groups excluding carboxylic acids is 1.